The third-order valence-corrected chi connectivity index (χ3v) is 1.86. The smallest absolute Gasteiger partial charge is 0.317 e. The topological polar surface area (TPSA) is 77.2 Å². The van der Waals surface area contributed by atoms with E-state index in [-0.39, 0.29) is 12.0 Å². The summed E-state index contributed by atoms with van der Waals surface area (Å²) >= 11 is 0. The number of hydrogen-bond acceptors (Lipinski definition) is 4. The average Bonchev–Trinajstić information content (AvgIpc) is 2.45. The third kappa shape index (κ3) is 2.45. The van der Waals surface area contributed by atoms with E-state index in [1.807, 2.05) is 20.8 Å². The predicted molar refractivity (Wildman–Crippen MR) is 52.9 cm³/mol. The highest BCUT2D eigenvalue weighted by Crippen LogP contribution is 2.22. The van der Waals surface area contributed by atoms with E-state index in [2.05, 4.69) is 10.2 Å². The molecule has 1 aromatic rings. The van der Waals surface area contributed by atoms with Crippen molar-refractivity contribution in [1.82, 2.24) is 14.8 Å². The Morgan fingerprint density at radius 3 is 2.47 bits per heavy atom. The quantitative estimate of drug-likeness (QED) is 0.798. The second-order valence-corrected chi connectivity index (χ2v) is 4.18. The highest BCUT2D eigenvalue weighted by molar-refractivity contribution is 5.69. The van der Waals surface area contributed by atoms with Crippen molar-refractivity contribution >= 4 is 5.97 Å². The van der Waals surface area contributed by atoms with Crippen molar-refractivity contribution in [3.8, 4) is 6.01 Å². The Labute approximate surface area is 87.9 Å². The number of aliphatic carboxylic acids is 1. The van der Waals surface area contributed by atoms with Crippen molar-refractivity contribution in [2.45, 2.75) is 32.7 Å². The summed E-state index contributed by atoms with van der Waals surface area (Å²) in [5.74, 6) is -0.539. The molecule has 0 unspecified atom stereocenters. The molecule has 0 saturated heterocycles. The lowest BCUT2D eigenvalue weighted by Gasteiger charge is -2.23. The molecular formula is C9H15N3O3. The predicted octanol–water partition coefficient (Wildman–Crippen LogP) is 0.669. The first-order valence-electron chi connectivity index (χ1n) is 4.57. The van der Waals surface area contributed by atoms with Gasteiger partial charge in [0.25, 0.3) is 0 Å². The van der Waals surface area contributed by atoms with Gasteiger partial charge in [-0.1, -0.05) is 5.10 Å². The van der Waals surface area contributed by atoms with Gasteiger partial charge in [0.05, 0.1) is 7.11 Å². The Hall–Kier alpha value is -1.59. The summed E-state index contributed by atoms with van der Waals surface area (Å²) in [6.07, 6.45) is -0.159. The number of carbonyl (C=O) groups is 1. The molecule has 0 saturated carbocycles. The number of aromatic nitrogens is 3. The second-order valence-electron chi connectivity index (χ2n) is 4.18. The van der Waals surface area contributed by atoms with Crippen LogP contribution >= 0.6 is 0 Å². The largest absolute Gasteiger partial charge is 0.481 e. The van der Waals surface area contributed by atoms with Crippen LogP contribution in [0, 0.1) is 0 Å². The molecule has 0 spiro atoms. The number of nitrogens with zero attached hydrogens (tertiary/aromatic N) is 3. The van der Waals surface area contributed by atoms with E-state index >= 15 is 0 Å². The Kier molecular flexibility index (Phi) is 2.97. The van der Waals surface area contributed by atoms with Crippen molar-refractivity contribution in [2.75, 3.05) is 7.11 Å². The van der Waals surface area contributed by atoms with Gasteiger partial charge < -0.3 is 9.84 Å². The van der Waals surface area contributed by atoms with Crippen LogP contribution in [0.3, 0.4) is 0 Å². The fraction of sp³-hybridized carbons (Fsp3) is 0.667. The normalized spacial score (nSPS) is 11.5. The Balaban J connectivity index is 3.17. The van der Waals surface area contributed by atoms with Gasteiger partial charge in [-0.05, 0) is 20.8 Å². The van der Waals surface area contributed by atoms with Crippen molar-refractivity contribution in [2.24, 2.45) is 0 Å². The molecule has 0 aromatic carbocycles. The molecule has 0 aliphatic rings. The van der Waals surface area contributed by atoms with Crippen molar-refractivity contribution in [3.05, 3.63) is 5.82 Å². The van der Waals surface area contributed by atoms with Gasteiger partial charge in [-0.2, -0.15) is 0 Å². The zero-order chi connectivity index (χ0) is 11.6. The molecule has 6 nitrogen and oxygen atoms in total. The zero-order valence-corrected chi connectivity index (χ0v) is 9.31. The van der Waals surface area contributed by atoms with E-state index in [4.69, 9.17) is 9.84 Å². The highest BCUT2D eigenvalue weighted by Gasteiger charge is 2.24. The van der Waals surface area contributed by atoms with Gasteiger partial charge in [-0.25, -0.2) is 0 Å². The minimum absolute atomic E-state index is 0.159. The van der Waals surface area contributed by atoms with Gasteiger partial charge in [-0.3, -0.25) is 9.36 Å². The van der Waals surface area contributed by atoms with Crippen LogP contribution in [0.2, 0.25) is 0 Å². The van der Waals surface area contributed by atoms with Crippen molar-refractivity contribution in [1.29, 1.82) is 0 Å². The van der Waals surface area contributed by atoms with E-state index in [1.165, 1.54) is 7.11 Å². The maximum absolute atomic E-state index is 10.6. The fourth-order valence-electron chi connectivity index (χ4n) is 1.36. The Morgan fingerprint density at radius 1 is 1.47 bits per heavy atom. The summed E-state index contributed by atoms with van der Waals surface area (Å²) in [5.41, 5.74) is -0.306. The lowest BCUT2D eigenvalue weighted by atomic mass is 10.1. The lowest BCUT2D eigenvalue weighted by molar-refractivity contribution is -0.136. The molecule has 0 atom stereocenters. The first-order chi connectivity index (χ1) is 6.86. The third-order valence-electron chi connectivity index (χ3n) is 1.86. The Bertz CT molecular complexity index is 365. The van der Waals surface area contributed by atoms with Crippen molar-refractivity contribution in [3.63, 3.8) is 0 Å². The van der Waals surface area contributed by atoms with Gasteiger partial charge in [-0.15, -0.1) is 5.10 Å². The van der Waals surface area contributed by atoms with Crippen LogP contribution in [0.5, 0.6) is 6.01 Å². The van der Waals surface area contributed by atoms with Gasteiger partial charge in [0.2, 0.25) is 0 Å². The summed E-state index contributed by atoms with van der Waals surface area (Å²) in [7, 11) is 1.48. The number of ether oxygens (including phenoxy) is 1. The molecule has 1 aromatic heterocycles. The van der Waals surface area contributed by atoms with Gasteiger partial charge in [0.15, 0.2) is 0 Å². The molecule has 1 N–H and O–H groups in total. The maximum atomic E-state index is 10.6. The minimum atomic E-state index is -0.935. The van der Waals surface area contributed by atoms with Crippen LogP contribution in [0.25, 0.3) is 0 Å². The number of hydrogen-bond donors (Lipinski definition) is 1. The summed E-state index contributed by atoms with van der Waals surface area (Å²) in [4.78, 5) is 10.6. The first-order valence-corrected chi connectivity index (χ1v) is 4.57. The molecule has 6 heteroatoms. The second kappa shape index (κ2) is 3.88. The van der Waals surface area contributed by atoms with Gasteiger partial charge in [0, 0.05) is 5.54 Å². The van der Waals surface area contributed by atoms with E-state index in [0.29, 0.717) is 11.8 Å². The molecule has 84 valence electrons. The number of carboxylic acids is 1. The number of methoxy groups -OCH3 is 1. The van der Waals surface area contributed by atoms with Crippen LogP contribution in [-0.4, -0.2) is 33.0 Å². The monoisotopic (exact) mass is 213 g/mol. The molecular weight excluding hydrogens is 198 g/mol. The SMILES string of the molecule is COc1nnc(CC(=O)O)n1C(C)(C)C. The first kappa shape index (κ1) is 11.5. The van der Waals surface area contributed by atoms with Crippen LogP contribution in [0.1, 0.15) is 26.6 Å². The fourth-order valence-corrected chi connectivity index (χ4v) is 1.36. The van der Waals surface area contributed by atoms with E-state index in [9.17, 15) is 4.79 Å². The molecule has 0 radical (unpaired) electrons. The molecule has 0 aliphatic heterocycles. The molecule has 1 rings (SSSR count). The van der Waals surface area contributed by atoms with Crippen LogP contribution in [0.4, 0.5) is 0 Å². The molecule has 1 heterocycles. The van der Waals surface area contributed by atoms with E-state index < -0.39 is 5.97 Å². The van der Waals surface area contributed by atoms with Crippen LogP contribution in [0.15, 0.2) is 0 Å². The Morgan fingerprint density at radius 2 is 2.07 bits per heavy atom. The van der Waals surface area contributed by atoms with Crippen LogP contribution < -0.4 is 4.74 Å². The number of carboxylic acid groups (broad SMARTS) is 1. The molecule has 0 aliphatic carbocycles. The summed E-state index contributed by atoms with van der Waals surface area (Å²) in [6, 6.07) is 0.332. The standard InChI is InChI=1S/C9H15N3O3/c1-9(2,3)12-6(5-7(13)14)10-11-8(12)15-4/h5H2,1-4H3,(H,13,14). The van der Waals surface area contributed by atoms with Gasteiger partial charge >= 0.3 is 12.0 Å². The zero-order valence-electron chi connectivity index (χ0n) is 9.31. The maximum Gasteiger partial charge on any atom is 0.317 e. The van der Waals surface area contributed by atoms with E-state index in [0.717, 1.165) is 0 Å². The lowest BCUT2D eigenvalue weighted by Crippen LogP contribution is -2.26. The van der Waals surface area contributed by atoms with Crippen LogP contribution in [-0.2, 0) is 16.8 Å². The summed E-state index contributed by atoms with van der Waals surface area (Å²) in [5, 5.41) is 16.3. The molecule has 15 heavy (non-hydrogen) atoms. The summed E-state index contributed by atoms with van der Waals surface area (Å²) in [6.45, 7) is 5.80. The highest BCUT2D eigenvalue weighted by atomic mass is 16.5. The van der Waals surface area contributed by atoms with Crippen molar-refractivity contribution < 1.29 is 14.6 Å². The molecule has 0 bridgehead atoms. The minimum Gasteiger partial charge on any atom is -0.481 e. The molecule has 0 fully saturated rings. The molecule has 0 amide bonds. The summed E-state index contributed by atoms with van der Waals surface area (Å²) < 4.78 is 6.71. The van der Waals surface area contributed by atoms with Gasteiger partial charge in [0.1, 0.15) is 12.2 Å². The number of rotatable bonds is 3. The average molecular weight is 213 g/mol. The van der Waals surface area contributed by atoms with E-state index in [1.54, 1.807) is 4.57 Å².